The van der Waals surface area contributed by atoms with Crippen LogP contribution in [-0.4, -0.2) is 23.0 Å². The van der Waals surface area contributed by atoms with E-state index in [0.29, 0.717) is 18.8 Å². The van der Waals surface area contributed by atoms with Gasteiger partial charge in [-0.25, -0.2) is 4.98 Å². The molecule has 1 N–H and O–H groups in total. The van der Waals surface area contributed by atoms with Gasteiger partial charge in [-0.05, 0) is 18.1 Å². The molecule has 1 heterocycles. The number of aromatic nitrogens is 2. The molecule has 0 atom stereocenters. The number of aryl methyl sites for hydroxylation is 1. The van der Waals surface area contributed by atoms with Gasteiger partial charge >= 0.3 is 0 Å². The van der Waals surface area contributed by atoms with E-state index in [2.05, 4.69) is 15.3 Å². The van der Waals surface area contributed by atoms with Gasteiger partial charge in [-0.1, -0.05) is 24.3 Å². The van der Waals surface area contributed by atoms with Crippen molar-refractivity contribution in [2.75, 3.05) is 7.11 Å². The van der Waals surface area contributed by atoms with Crippen LogP contribution in [0.15, 0.2) is 36.7 Å². The lowest BCUT2D eigenvalue weighted by Crippen LogP contribution is -2.24. The predicted octanol–water partition coefficient (Wildman–Crippen LogP) is 1.86. The minimum absolute atomic E-state index is 0.224. The van der Waals surface area contributed by atoms with Crippen molar-refractivity contribution in [1.29, 1.82) is 0 Å². The van der Waals surface area contributed by atoms with Crippen molar-refractivity contribution in [3.8, 4) is 0 Å². The highest BCUT2D eigenvalue weighted by molar-refractivity contribution is 5.91. The van der Waals surface area contributed by atoms with Gasteiger partial charge in [-0.2, -0.15) is 0 Å². The van der Waals surface area contributed by atoms with Crippen LogP contribution in [0.2, 0.25) is 0 Å². The Balaban J connectivity index is 1.91. The van der Waals surface area contributed by atoms with Crippen molar-refractivity contribution < 1.29 is 9.53 Å². The number of carbonyl (C=O) groups excluding carboxylic acids is 1. The average molecular weight is 271 g/mol. The van der Waals surface area contributed by atoms with E-state index >= 15 is 0 Å². The molecule has 0 spiro atoms. The molecule has 2 aromatic rings. The standard InChI is InChI=1S/C15H17N3O2/c1-11-7-17-14(9-16-11)15(19)18-8-12-3-5-13(6-4-12)10-20-2/h3-7,9H,8,10H2,1-2H3,(H,18,19). The fourth-order valence-electron chi connectivity index (χ4n) is 1.70. The second-order valence-electron chi connectivity index (χ2n) is 4.48. The Morgan fingerprint density at radius 1 is 1.15 bits per heavy atom. The number of rotatable bonds is 5. The summed E-state index contributed by atoms with van der Waals surface area (Å²) in [7, 11) is 1.66. The first-order chi connectivity index (χ1) is 9.69. The topological polar surface area (TPSA) is 64.1 Å². The van der Waals surface area contributed by atoms with E-state index in [1.54, 1.807) is 13.3 Å². The molecule has 1 aromatic heterocycles. The first kappa shape index (κ1) is 14.1. The molecule has 0 saturated heterocycles. The Morgan fingerprint density at radius 2 is 1.85 bits per heavy atom. The van der Waals surface area contributed by atoms with Crippen LogP contribution in [0, 0.1) is 6.92 Å². The van der Waals surface area contributed by atoms with Crippen molar-refractivity contribution in [2.24, 2.45) is 0 Å². The van der Waals surface area contributed by atoms with E-state index in [1.165, 1.54) is 6.20 Å². The predicted molar refractivity (Wildman–Crippen MR) is 75.1 cm³/mol. The fraction of sp³-hybridized carbons (Fsp3) is 0.267. The Morgan fingerprint density at radius 3 is 2.45 bits per heavy atom. The van der Waals surface area contributed by atoms with Crippen molar-refractivity contribution in [1.82, 2.24) is 15.3 Å². The number of methoxy groups -OCH3 is 1. The van der Waals surface area contributed by atoms with Crippen LogP contribution in [0.4, 0.5) is 0 Å². The van der Waals surface area contributed by atoms with Crippen molar-refractivity contribution in [2.45, 2.75) is 20.1 Å². The third-order valence-electron chi connectivity index (χ3n) is 2.80. The molecule has 5 heteroatoms. The van der Waals surface area contributed by atoms with E-state index in [0.717, 1.165) is 16.8 Å². The van der Waals surface area contributed by atoms with Gasteiger partial charge in [0, 0.05) is 19.9 Å². The van der Waals surface area contributed by atoms with Gasteiger partial charge in [0.15, 0.2) is 0 Å². The molecule has 0 aliphatic heterocycles. The Hall–Kier alpha value is -2.27. The third kappa shape index (κ3) is 3.86. The van der Waals surface area contributed by atoms with Gasteiger partial charge in [0.1, 0.15) is 5.69 Å². The zero-order valence-corrected chi connectivity index (χ0v) is 11.6. The number of amides is 1. The summed E-state index contributed by atoms with van der Waals surface area (Å²) in [5.41, 5.74) is 3.24. The monoisotopic (exact) mass is 271 g/mol. The number of carbonyl (C=O) groups is 1. The van der Waals surface area contributed by atoms with E-state index in [4.69, 9.17) is 4.74 Å². The number of benzene rings is 1. The summed E-state index contributed by atoms with van der Waals surface area (Å²) in [4.78, 5) is 20.0. The number of hydrogen-bond acceptors (Lipinski definition) is 4. The molecule has 0 aliphatic rings. The molecule has 1 aromatic carbocycles. The van der Waals surface area contributed by atoms with Crippen LogP contribution in [-0.2, 0) is 17.9 Å². The Labute approximate surface area is 118 Å². The summed E-state index contributed by atoms with van der Waals surface area (Å²) < 4.78 is 5.05. The highest BCUT2D eigenvalue weighted by Gasteiger charge is 2.06. The van der Waals surface area contributed by atoms with Gasteiger partial charge in [0.25, 0.3) is 5.91 Å². The lowest BCUT2D eigenvalue weighted by molar-refractivity contribution is 0.0945. The highest BCUT2D eigenvalue weighted by Crippen LogP contribution is 2.05. The summed E-state index contributed by atoms with van der Waals surface area (Å²) in [5, 5.41) is 2.81. The smallest absolute Gasteiger partial charge is 0.271 e. The van der Waals surface area contributed by atoms with Crippen LogP contribution >= 0.6 is 0 Å². The first-order valence-corrected chi connectivity index (χ1v) is 6.32. The highest BCUT2D eigenvalue weighted by atomic mass is 16.5. The maximum Gasteiger partial charge on any atom is 0.271 e. The maximum atomic E-state index is 11.9. The Kier molecular flexibility index (Phi) is 4.79. The maximum absolute atomic E-state index is 11.9. The number of hydrogen-bond donors (Lipinski definition) is 1. The van der Waals surface area contributed by atoms with Crippen LogP contribution in [0.3, 0.4) is 0 Å². The van der Waals surface area contributed by atoms with E-state index in [1.807, 2.05) is 31.2 Å². The summed E-state index contributed by atoms with van der Waals surface area (Å²) in [6, 6.07) is 7.90. The molecule has 20 heavy (non-hydrogen) atoms. The second kappa shape index (κ2) is 6.77. The molecule has 0 aliphatic carbocycles. The summed E-state index contributed by atoms with van der Waals surface area (Å²) in [6.07, 6.45) is 3.06. The molecule has 0 bridgehead atoms. The van der Waals surface area contributed by atoms with Gasteiger partial charge < -0.3 is 10.1 Å². The normalized spacial score (nSPS) is 10.3. The van der Waals surface area contributed by atoms with E-state index in [-0.39, 0.29) is 5.91 Å². The molecule has 104 valence electrons. The minimum Gasteiger partial charge on any atom is -0.380 e. The lowest BCUT2D eigenvalue weighted by Gasteiger charge is -2.06. The van der Waals surface area contributed by atoms with Crippen molar-refractivity contribution >= 4 is 5.91 Å². The van der Waals surface area contributed by atoms with Crippen LogP contribution in [0.25, 0.3) is 0 Å². The van der Waals surface area contributed by atoms with Crippen LogP contribution < -0.4 is 5.32 Å². The van der Waals surface area contributed by atoms with E-state index < -0.39 is 0 Å². The molecule has 0 saturated carbocycles. The largest absolute Gasteiger partial charge is 0.380 e. The Bertz CT molecular complexity index is 565. The minimum atomic E-state index is -0.224. The quantitative estimate of drug-likeness (QED) is 0.901. The van der Waals surface area contributed by atoms with Gasteiger partial charge in [-0.15, -0.1) is 0 Å². The van der Waals surface area contributed by atoms with Gasteiger partial charge in [0.05, 0.1) is 18.5 Å². The summed E-state index contributed by atoms with van der Waals surface area (Å²) >= 11 is 0. The van der Waals surface area contributed by atoms with Crippen LogP contribution in [0.5, 0.6) is 0 Å². The van der Waals surface area contributed by atoms with Crippen molar-refractivity contribution in [3.05, 3.63) is 59.2 Å². The van der Waals surface area contributed by atoms with E-state index in [9.17, 15) is 4.79 Å². The van der Waals surface area contributed by atoms with Gasteiger partial charge in [0.2, 0.25) is 0 Å². The fourth-order valence-corrected chi connectivity index (χ4v) is 1.70. The first-order valence-electron chi connectivity index (χ1n) is 6.32. The molecular formula is C15H17N3O2. The molecule has 0 radical (unpaired) electrons. The third-order valence-corrected chi connectivity index (χ3v) is 2.80. The molecule has 1 amide bonds. The molecule has 5 nitrogen and oxygen atoms in total. The lowest BCUT2D eigenvalue weighted by atomic mass is 10.1. The number of nitrogens with one attached hydrogen (secondary N) is 1. The number of nitrogens with zero attached hydrogens (tertiary/aromatic N) is 2. The average Bonchev–Trinajstić information content (AvgIpc) is 2.47. The zero-order chi connectivity index (χ0) is 14.4. The second-order valence-corrected chi connectivity index (χ2v) is 4.48. The molecule has 2 rings (SSSR count). The summed E-state index contributed by atoms with van der Waals surface area (Å²) in [6.45, 7) is 2.88. The number of ether oxygens (including phenoxy) is 1. The van der Waals surface area contributed by atoms with Crippen LogP contribution in [0.1, 0.15) is 27.3 Å². The molecule has 0 fully saturated rings. The summed E-state index contributed by atoms with van der Waals surface area (Å²) in [5.74, 6) is -0.224. The molecular weight excluding hydrogens is 254 g/mol. The SMILES string of the molecule is COCc1ccc(CNC(=O)c2cnc(C)cn2)cc1. The zero-order valence-electron chi connectivity index (χ0n) is 11.6. The van der Waals surface area contributed by atoms with Crippen molar-refractivity contribution in [3.63, 3.8) is 0 Å². The van der Waals surface area contributed by atoms with Gasteiger partial charge in [-0.3, -0.25) is 9.78 Å². The molecule has 0 unspecified atom stereocenters.